The second-order valence-electron chi connectivity index (χ2n) is 3.80. The Morgan fingerprint density at radius 2 is 2.07 bits per heavy atom. The van der Waals surface area contributed by atoms with Crippen molar-refractivity contribution in [3.05, 3.63) is 16.9 Å². The summed E-state index contributed by atoms with van der Waals surface area (Å²) in [5, 5.41) is 14.6. The molecule has 15 heavy (non-hydrogen) atoms. The summed E-state index contributed by atoms with van der Waals surface area (Å²) in [7, 11) is 1.55. The van der Waals surface area contributed by atoms with Crippen molar-refractivity contribution in [2.75, 3.05) is 7.11 Å². The number of aliphatic hydroxyl groups excluding tert-OH is 1. The topological polar surface area (TPSA) is 47.3 Å². The molecule has 1 N–H and O–H groups in total. The lowest BCUT2D eigenvalue weighted by atomic mass is 10.1. The van der Waals surface area contributed by atoms with Crippen molar-refractivity contribution >= 4 is 11.6 Å². The first-order valence-corrected chi connectivity index (χ1v) is 5.30. The van der Waals surface area contributed by atoms with E-state index in [9.17, 15) is 5.11 Å². The number of ether oxygens (including phenoxy) is 1. The number of aliphatic hydroxyl groups is 1. The first-order valence-electron chi connectivity index (χ1n) is 4.92. The van der Waals surface area contributed by atoms with E-state index in [2.05, 4.69) is 5.10 Å². The highest BCUT2D eigenvalue weighted by Gasteiger charge is 2.24. The van der Waals surface area contributed by atoms with Crippen LogP contribution in [0.2, 0.25) is 5.02 Å². The smallest absolute Gasteiger partial charge is 0.123 e. The van der Waals surface area contributed by atoms with Gasteiger partial charge in [-0.3, -0.25) is 4.68 Å². The highest BCUT2D eigenvalue weighted by molar-refractivity contribution is 6.31. The van der Waals surface area contributed by atoms with E-state index in [1.807, 2.05) is 13.8 Å². The molecule has 86 valence electrons. The van der Waals surface area contributed by atoms with Gasteiger partial charge in [0.1, 0.15) is 6.10 Å². The second kappa shape index (κ2) is 4.96. The predicted octanol–water partition coefficient (Wildman–Crippen LogP) is 2.19. The predicted molar refractivity (Wildman–Crippen MR) is 59.1 cm³/mol. The molecule has 1 aromatic rings. The van der Waals surface area contributed by atoms with E-state index in [1.165, 1.54) is 0 Å². The number of hydrogen-bond donors (Lipinski definition) is 1. The molecule has 0 aliphatic heterocycles. The summed E-state index contributed by atoms with van der Waals surface area (Å²) in [6.07, 6.45) is 0.478. The molecule has 1 rings (SSSR count). The molecule has 0 bridgehead atoms. The molecule has 2 unspecified atom stereocenters. The Hall–Kier alpha value is -0.580. The minimum absolute atomic E-state index is 0.159. The normalized spacial score (nSPS) is 15.7. The zero-order valence-electron chi connectivity index (χ0n) is 9.44. The third kappa shape index (κ3) is 2.51. The lowest BCUT2D eigenvalue weighted by molar-refractivity contribution is -0.00632. The molecule has 1 aromatic heterocycles. The fraction of sp³-hybridized carbons (Fsp3) is 0.700. The van der Waals surface area contributed by atoms with Gasteiger partial charge in [-0.05, 0) is 20.8 Å². The van der Waals surface area contributed by atoms with Gasteiger partial charge >= 0.3 is 0 Å². The Labute approximate surface area is 94.8 Å². The van der Waals surface area contributed by atoms with Gasteiger partial charge in [-0.1, -0.05) is 11.6 Å². The highest BCUT2D eigenvalue weighted by Crippen LogP contribution is 2.28. The van der Waals surface area contributed by atoms with Crippen LogP contribution in [-0.2, 0) is 4.74 Å². The number of nitrogens with zero attached hydrogens (tertiary/aromatic N) is 2. The minimum Gasteiger partial charge on any atom is -0.384 e. The van der Waals surface area contributed by atoms with E-state index in [-0.39, 0.29) is 12.1 Å². The summed E-state index contributed by atoms with van der Waals surface area (Å²) < 4.78 is 6.79. The van der Waals surface area contributed by atoms with Gasteiger partial charge in [0.15, 0.2) is 0 Å². The summed E-state index contributed by atoms with van der Waals surface area (Å²) in [5.74, 6) is 0. The molecule has 4 nitrogen and oxygen atoms in total. The molecule has 0 aromatic carbocycles. The zero-order valence-corrected chi connectivity index (χ0v) is 10.2. The molecule has 0 saturated heterocycles. The van der Waals surface area contributed by atoms with Crippen molar-refractivity contribution in [1.82, 2.24) is 9.78 Å². The average molecular weight is 233 g/mol. The van der Waals surface area contributed by atoms with E-state index in [0.29, 0.717) is 10.7 Å². The van der Waals surface area contributed by atoms with Gasteiger partial charge in [-0.2, -0.15) is 5.10 Å². The first-order chi connectivity index (χ1) is 6.99. The number of halogens is 1. The second-order valence-corrected chi connectivity index (χ2v) is 4.21. The van der Waals surface area contributed by atoms with Gasteiger partial charge in [0.05, 0.1) is 23.0 Å². The third-order valence-electron chi connectivity index (χ3n) is 2.37. The third-order valence-corrected chi connectivity index (χ3v) is 2.66. The Bertz CT molecular complexity index is 325. The number of aromatic nitrogens is 2. The highest BCUT2D eigenvalue weighted by atomic mass is 35.5. The van der Waals surface area contributed by atoms with Crippen LogP contribution in [0.25, 0.3) is 0 Å². The maximum Gasteiger partial charge on any atom is 0.123 e. The van der Waals surface area contributed by atoms with Crippen LogP contribution in [0, 0.1) is 0 Å². The summed E-state index contributed by atoms with van der Waals surface area (Å²) in [6, 6.07) is 0.159. The van der Waals surface area contributed by atoms with Crippen molar-refractivity contribution in [3.63, 3.8) is 0 Å². The Morgan fingerprint density at radius 3 is 2.53 bits per heavy atom. The monoisotopic (exact) mass is 232 g/mol. The van der Waals surface area contributed by atoms with Crippen molar-refractivity contribution in [3.8, 4) is 0 Å². The Kier molecular flexibility index (Phi) is 4.13. The molecule has 0 saturated carbocycles. The molecule has 0 fully saturated rings. The lowest BCUT2D eigenvalue weighted by Gasteiger charge is -2.20. The summed E-state index contributed by atoms with van der Waals surface area (Å²) in [5.41, 5.74) is 0.612. The molecule has 2 atom stereocenters. The number of hydrogen-bond acceptors (Lipinski definition) is 3. The maximum atomic E-state index is 10.0. The van der Waals surface area contributed by atoms with Gasteiger partial charge in [-0.25, -0.2) is 0 Å². The van der Waals surface area contributed by atoms with Gasteiger partial charge < -0.3 is 9.84 Å². The van der Waals surface area contributed by atoms with Crippen LogP contribution in [0.5, 0.6) is 0 Å². The summed E-state index contributed by atoms with van der Waals surface area (Å²) in [6.45, 7) is 5.76. The zero-order chi connectivity index (χ0) is 11.6. The van der Waals surface area contributed by atoms with Crippen LogP contribution in [0.4, 0.5) is 0 Å². The fourth-order valence-electron chi connectivity index (χ4n) is 1.39. The molecule has 1 heterocycles. The summed E-state index contributed by atoms with van der Waals surface area (Å²) >= 11 is 5.99. The quantitative estimate of drug-likeness (QED) is 0.866. The maximum absolute atomic E-state index is 10.0. The SMILES string of the molecule is COC(C)C(O)c1c(Cl)cnn1C(C)C. The van der Waals surface area contributed by atoms with Crippen molar-refractivity contribution < 1.29 is 9.84 Å². The fourth-order valence-corrected chi connectivity index (χ4v) is 1.63. The Morgan fingerprint density at radius 1 is 1.47 bits per heavy atom. The van der Waals surface area contributed by atoms with Crippen molar-refractivity contribution in [2.45, 2.75) is 39.0 Å². The molecule has 0 radical (unpaired) electrons. The molecule has 0 spiro atoms. The van der Waals surface area contributed by atoms with Gasteiger partial charge in [0.2, 0.25) is 0 Å². The van der Waals surface area contributed by atoms with Crippen molar-refractivity contribution in [2.24, 2.45) is 0 Å². The molecule has 0 aliphatic carbocycles. The molecule has 0 aliphatic rings. The van der Waals surface area contributed by atoms with E-state index in [4.69, 9.17) is 16.3 Å². The van der Waals surface area contributed by atoms with E-state index in [0.717, 1.165) is 0 Å². The van der Waals surface area contributed by atoms with Gasteiger partial charge in [0, 0.05) is 13.2 Å². The minimum atomic E-state index is -0.757. The number of rotatable bonds is 4. The van der Waals surface area contributed by atoms with Crippen LogP contribution in [0.1, 0.15) is 38.6 Å². The van der Waals surface area contributed by atoms with Crippen LogP contribution in [0.3, 0.4) is 0 Å². The lowest BCUT2D eigenvalue weighted by Crippen LogP contribution is -2.21. The van der Waals surface area contributed by atoms with Crippen LogP contribution < -0.4 is 0 Å². The molecular formula is C10H17ClN2O2. The van der Waals surface area contributed by atoms with E-state index in [1.54, 1.807) is 24.9 Å². The van der Waals surface area contributed by atoms with E-state index < -0.39 is 6.10 Å². The molecular weight excluding hydrogens is 216 g/mol. The van der Waals surface area contributed by atoms with Crippen molar-refractivity contribution in [1.29, 1.82) is 0 Å². The standard InChI is InChI=1S/C10H17ClN2O2/c1-6(2)13-9(8(11)5-12-13)10(14)7(3)15-4/h5-7,10,14H,1-4H3. The Balaban J connectivity index is 3.06. The van der Waals surface area contributed by atoms with E-state index >= 15 is 0 Å². The number of methoxy groups -OCH3 is 1. The first kappa shape index (κ1) is 12.5. The van der Waals surface area contributed by atoms with Crippen LogP contribution >= 0.6 is 11.6 Å². The van der Waals surface area contributed by atoms with Crippen LogP contribution in [0.15, 0.2) is 6.20 Å². The van der Waals surface area contributed by atoms with Gasteiger partial charge in [0.25, 0.3) is 0 Å². The largest absolute Gasteiger partial charge is 0.384 e. The van der Waals surface area contributed by atoms with Gasteiger partial charge in [-0.15, -0.1) is 0 Å². The molecule has 5 heteroatoms. The molecule has 0 amide bonds. The summed E-state index contributed by atoms with van der Waals surface area (Å²) in [4.78, 5) is 0. The van der Waals surface area contributed by atoms with Crippen LogP contribution in [-0.4, -0.2) is 28.1 Å². The average Bonchev–Trinajstić information content (AvgIpc) is 2.58.